The minimum absolute atomic E-state index is 0.104. The van der Waals surface area contributed by atoms with Crippen LogP contribution >= 0.6 is 15.9 Å². The van der Waals surface area contributed by atoms with E-state index in [1.807, 2.05) is 0 Å². The molecule has 1 rings (SSSR count). The topological polar surface area (TPSA) is 53.4 Å². The normalized spacial score (nSPS) is 10.9. The average molecular weight is 268 g/mol. The fraction of sp³-hybridized carbons (Fsp3) is 0.375. The van der Waals surface area contributed by atoms with Gasteiger partial charge in [0.25, 0.3) is 6.43 Å². The lowest BCUT2D eigenvalue weighted by molar-refractivity contribution is 0.146. The Morgan fingerprint density at radius 1 is 1.50 bits per heavy atom. The van der Waals surface area contributed by atoms with E-state index < -0.39 is 24.3 Å². The van der Waals surface area contributed by atoms with Crippen LogP contribution in [-0.2, 0) is 11.9 Å². The Kier molecular flexibility index (Phi) is 3.77. The van der Waals surface area contributed by atoms with E-state index in [-0.39, 0.29) is 16.7 Å². The molecule has 0 spiro atoms. The van der Waals surface area contributed by atoms with Crippen LogP contribution in [0.2, 0.25) is 0 Å². The molecule has 0 fully saturated rings. The predicted octanol–water partition coefficient (Wildman–Crippen LogP) is 2.11. The highest BCUT2D eigenvalue weighted by Crippen LogP contribution is 2.31. The summed E-state index contributed by atoms with van der Waals surface area (Å²) in [4.78, 5) is 3.77. The standard InChI is InChI=1S/C8H8BrF2NO2/c9-2-6-7(14)5(8(10)11)1-4(3-13)12-6/h1,8,13-14H,2-3H2. The summed E-state index contributed by atoms with van der Waals surface area (Å²) in [5, 5.41) is 18.2. The molecule has 3 nitrogen and oxygen atoms in total. The molecular formula is C8H8BrF2NO2. The van der Waals surface area contributed by atoms with Crippen LogP contribution in [0.5, 0.6) is 5.75 Å². The highest BCUT2D eigenvalue weighted by atomic mass is 79.9. The number of alkyl halides is 3. The summed E-state index contributed by atoms with van der Waals surface area (Å²) >= 11 is 3.01. The largest absolute Gasteiger partial charge is 0.505 e. The van der Waals surface area contributed by atoms with Crippen molar-refractivity contribution < 1.29 is 19.0 Å². The van der Waals surface area contributed by atoms with Crippen molar-refractivity contribution in [3.8, 4) is 5.75 Å². The molecule has 0 atom stereocenters. The van der Waals surface area contributed by atoms with E-state index in [1.54, 1.807) is 0 Å². The van der Waals surface area contributed by atoms with Crippen molar-refractivity contribution in [2.75, 3.05) is 0 Å². The number of aromatic hydroxyl groups is 1. The lowest BCUT2D eigenvalue weighted by Crippen LogP contribution is -1.99. The Balaban J connectivity index is 3.27. The van der Waals surface area contributed by atoms with Gasteiger partial charge in [-0.15, -0.1) is 0 Å². The molecule has 0 radical (unpaired) electrons. The Hall–Kier alpha value is -0.750. The molecular weight excluding hydrogens is 260 g/mol. The molecule has 1 heterocycles. The summed E-state index contributed by atoms with van der Waals surface area (Å²) in [6.07, 6.45) is -2.78. The number of rotatable bonds is 3. The minimum Gasteiger partial charge on any atom is -0.505 e. The summed E-state index contributed by atoms with van der Waals surface area (Å²) < 4.78 is 24.8. The number of hydrogen-bond donors (Lipinski definition) is 2. The number of pyridine rings is 1. The van der Waals surface area contributed by atoms with E-state index in [9.17, 15) is 13.9 Å². The van der Waals surface area contributed by atoms with Crippen LogP contribution < -0.4 is 0 Å². The molecule has 0 aliphatic rings. The Morgan fingerprint density at radius 2 is 2.14 bits per heavy atom. The zero-order chi connectivity index (χ0) is 10.7. The van der Waals surface area contributed by atoms with Crippen LogP contribution in [0.25, 0.3) is 0 Å². The molecule has 0 saturated carbocycles. The maximum Gasteiger partial charge on any atom is 0.267 e. The molecule has 2 N–H and O–H groups in total. The fourth-order valence-electron chi connectivity index (χ4n) is 1.01. The zero-order valence-electron chi connectivity index (χ0n) is 7.04. The highest BCUT2D eigenvalue weighted by Gasteiger charge is 2.17. The third kappa shape index (κ3) is 2.19. The van der Waals surface area contributed by atoms with Gasteiger partial charge in [-0.25, -0.2) is 8.78 Å². The molecule has 0 amide bonds. The van der Waals surface area contributed by atoms with E-state index in [1.165, 1.54) is 0 Å². The molecule has 0 bridgehead atoms. The Morgan fingerprint density at radius 3 is 2.57 bits per heavy atom. The molecule has 0 aliphatic carbocycles. The summed E-state index contributed by atoms with van der Waals surface area (Å²) in [5.74, 6) is -0.519. The smallest absolute Gasteiger partial charge is 0.267 e. The molecule has 1 aromatic heterocycles. The van der Waals surface area contributed by atoms with Crippen LogP contribution in [0.4, 0.5) is 8.78 Å². The van der Waals surface area contributed by atoms with E-state index in [4.69, 9.17) is 5.11 Å². The Labute approximate surface area is 87.5 Å². The summed E-state index contributed by atoms with van der Waals surface area (Å²) in [7, 11) is 0. The van der Waals surface area contributed by atoms with Gasteiger partial charge in [-0.05, 0) is 6.07 Å². The van der Waals surface area contributed by atoms with Crippen LogP contribution in [0.1, 0.15) is 23.4 Å². The number of halogens is 3. The van der Waals surface area contributed by atoms with Gasteiger partial charge in [-0.3, -0.25) is 4.98 Å². The fourth-order valence-corrected chi connectivity index (χ4v) is 1.40. The van der Waals surface area contributed by atoms with Crippen molar-refractivity contribution in [2.45, 2.75) is 18.4 Å². The van der Waals surface area contributed by atoms with E-state index in [0.717, 1.165) is 6.07 Å². The first kappa shape index (κ1) is 11.3. The number of hydrogen-bond acceptors (Lipinski definition) is 3. The monoisotopic (exact) mass is 267 g/mol. The second kappa shape index (κ2) is 4.65. The summed E-state index contributed by atoms with van der Waals surface area (Å²) in [6.45, 7) is -0.431. The summed E-state index contributed by atoms with van der Waals surface area (Å²) in [5.41, 5.74) is -0.280. The zero-order valence-corrected chi connectivity index (χ0v) is 8.63. The van der Waals surface area contributed by atoms with Crippen LogP contribution in [-0.4, -0.2) is 15.2 Å². The van der Waals surface area contributed by atoms with Crippen molar-refractivity contribution in [2.24, 2.45) is 0 Å². The van der Waals surface area contributed by atoms with Crippen molar-refractivity contribution in [1.82, 2.24) is 4.98 Å². The molecule has 0 aliphatic heterocycles. The molecule has 0 unspecified atom stereocenters. The van der Waals surface area contributed by atoms with E-state index in [2.05, 4.69) is 20.9 Å². The van der Waals surface area contributed by atoms with Crippen molar-refractivity contribution in [3.63, 3.8) is 0 Å². The lowest BCUT2D eigenvalue weighted by atomic mass is 10.2. The highest BCUT2D eigenvalue weighted by molar-refractivity contribution is 9.08. The van der Waals surface area contributed by atoms with Crippen molar-refractivity contribution >= 4 is 15.9 Å². The Bertz CT molecular complexity index is 333. The number of nitrogens with zero attached hydrogens (tertiary/aromatic N) is 1. The maximum absolute atomic E-state index is 12.4. The second-order valence-electron chi connectivity index (χ2n) is 2.59. The third-order valence-corrected chi connectivity index (χ3v) is 2.20. The second-order valence-corrected chi connectivity index (χ2v) is 3.15. The molecule has 78 valence electrons. The molecule has 0 aromatic carbocycles. The van der Waals surface area contributed by atoms with Crippen LogP contribution in [0.15, 0.2) is 6.07 Å². The van der Waals surface area contributed by atoms with Gasteiger partial charge < -0.3 is 10.2 Å². The van der Waals surface area contributed by atoms with Gasteiger partial charge in [0.05, 0.1) is 23.6 Å². The van der Waals surface area contributed by atoms with Crippen LogP contribution in [0.3, 0.4) is 0 Å². The molecule has 0 saturated heterocycles. The molecule has 1 aromatic rings. The predicted molar refractivity (Wildman–Crippen MR) is 49.4 cm³/mol. The number of aliphatic hydroxyl groups excluding tert-OH is 1. The lowest BCUT2D eigenvalue weighted by Gasteiger charge is -2.08. The van der Waals surface area contributed by atoms with Gasteiger partial charge >= 0.3 is 0 Å². The van der Waals surface area contributed by atoms with Gasteiger partial charge in [0.1, 0.15) is 5.75 Å². The van der Waals surface area contributed by atoms with E-state index in [0.29, 0.717) is 0 Å². The van der Waals surface area contributed by atoms with E-state index >= 15 is 0 Å². The summed E-state index contributed by atoms with van der Waals surface area (Å²) in [6, 6.07) is 0.992. The van der Waals surface area contributed by atoms with Gasteiger partial charge in [-0.2, -0.15) is 0 Å². The van der Waals surface area contributed by atoms with Crippen LogP contribution in [0, 0.1) is 0 Å². The van der Waals surface area contributed by atoms with Crippen molar-refractivity contribution in [3.05, 3.63) is 23.0 Å². The van der Waals surface area contributed by atoms with Gasteiger partial charge in [0, 0.05) is 5.33 Å². The SMILES string of the molecule is OCc1cc(C(F)F)c(O)c(CBr)n1. The number of aromatic nitrogens is 1. The molecule has 14 heavy (non-hydrogen) atoms. The first-order valence-corrected chi connectivity index (χ1v) is 4.89. The van der Waals surface area contributed by atoms with Gasteiger partial charge in [-0.1, -0.05) is 15.9 Å². The maximum atomic E-state index is 12.4. The third-order valence-electron chi connectivity index (χ3n) is 1.67. The quantitative estimate of drug-likeness (QED) is 0.825. The number of aliphatic hydroxyl groups is 1. The van der Waals surface area contributed by atoms with Gasteiger partial charge in [0.2, 0.25) is 0 Å². The average Bonchev–Trinajstić information content (AvgIpc) is 2.17. The minimum atomic E-state index is -2.78. The first-order valence-electron chi connectivity index (χ1n) is 3.76. The van der Waals surface area contributed by atoms with Gasteiger partial charge in [0.15, 0.2) is 0 Å². The first-order chi connectivity index (χ1) is 6.60. The molecule has 6 heteroatoms. The van der Waals surface area contributed by atoms with Crippen molar-refractivity contribution in [1.29, 1.82) is 0 Å².